The number of amides is 2. The first-order valence-corrected chi connectivity index (χ1v) is 10.1. The molecule has 2 heterocycles. The van der Waals surface area contributed by atoms with Crippen molar-refractivity contribution in [1.29, 1.82) is 0 Å². The summed E-state index contributed by atoms with van der Waals surface area (Å²) in [5.41, 5.74) is 2.01. The van der Waals surface area contributed by atoms with Crippen LogP contribution in [0.25, 0.3) is 0 Å². The number of nitrogens with one attached hydrogen (secondary N) is 2. The SMILES string of the molecule is O=C1NC2(CCN(C(=O)COCc3ccccc3)CC2)Nc2ccc(Br)cc21. The number of carbonyl (C=O) groups is 2. The molecule has 28 heavy (non-hydrogen) atoms. The molecular formula is C21H22BrN3O3. The molecule has 1 fully saturated rings. The third-order valence-electron chi connectivity index (χ3n) is 5.26. The van der Waals surface area contributed by atoms with E-state index in [2.05, 4.69) is 26.6 Å². The molecule has 1 spiro atoms. The molecule has 0 radical (unpaired) electrons. The first kappa shape index (κ1) is 19.0. The van der Waals surface area contributed by atoms with Gasteiger partial charge >= 0.3 is 0 Å². The zero-order valence-electron chi connectivity index (χ0n) is 15.4. The lowest BCUT2D eigenvalue weighted by Crippen LogP contribution is -2.63. The van der Waals surface area contributed by atoms with Gasteiger partial charge < -0.3 is 20.3 Å². The van der Waals surface area contributed by atoms with Crippen LogP contribution in [0.4, 0.5) is 5.69 Å². The van der Waals surface area contributed by atoms with Gasteiger partial charge in [-0.1, -0.05) is 46.3 Å². The van der Waals surface area contributed by atoms with E-state index in [-0.39, 0.29) is 18.4 Å². The number of fused-ring (bicyclic) bond motifs is 1. The van der Waals surface area contributed by atoms with Crippen molar-refractivity contribution in [3.05, 3.63) is 64.1 Å². The fourth-order valence-electron chi connectivity index (χ4n) is 3.70. The molecule has 0 atom stereocenters. The molecule has 7 heteroatoms. The second kappa shape index (κ2) is 7.93. The van der Waals surface area contributed by atoms with E-state index in [0.29, 0.717) is 38.1 Å². The number of carbonyl (C=O) groups excluding carboxylic acids is 2. The zero-order valence-corrected chi connectivity index (χ0v) is 17.0. The summed E-state index contributed by atoms with van der Waals surface area (Å²) >= 11 is 3.40. The van der Waals surface area contributed by atoms with Gasteiger partial charge in [0.25, 0.3) is 5.91 Å². The van der Waals surface area contributed by atoms with Crippen LogP contribution in [0, 0.1) is 0 Å². The van der Waals surface area contributed by atoms with Crippen molar-refractivity contribution in [3.63, 3.8) is 0 Å². The molecule has 146 valence electrons. The third-order valence-corrected chi connectivity index (χ3v) is 5.75. The predicted octanol–water partition coefficient (Wildman–Crippen LogP) is 3.14. The van der Waals surface area contributed by atoms with Crippen LogP contribution >= 0.6 is 15.9 Å². The van der Waals surface area contributed by atoms with Gasteiger partial charge in [0.1, 0.15) is 12.3 Å². The number of likely N-dealkylation sites (tertiary alicyclic amines) is 1. The predicted molar refractivity (Wildman–Crippen MR) is 110 cm³/mol. The van der Waals surface area contributed by atoms with Gasteiger partial charge in [-0.05, 0) is 23.8 Å². The van der Waals surface area contributed by atoms with Crippen molar-refractivity contribution >= 4 is 33.4 Å². The highest BCUT2D eigenvalue weighted by molar-refractivity contribution is 9.10. The monoisotopic (exact) mass is 443 g/mol. The van der Waals surface area contributed by atoms with Gasteiger partial charge in [0.15, 0.2) is 0 Å². The first-order valence-electron chi connectivity index (χ1n) is 9.34. The second-order valence-corrected chi connectivity index (χ2v) is 8.13. The number of anilines is 1. The topological polar surface area (TPSA) is 70.7 Å². The Morgan fingerprint density at radius 3 is 2.61 bits per heavy atom. The second-order valence-electron chi connectivity index (χ2n) is 7.21. The minimum Gasteiger partial charge on any atom is -0.367 e. The zero-order chi connectivity index (χ0) is 19.6. The lowest BCUT2D eigenvalue weighted by atomic mass is 9.92. The number of nitrogens with zero attached hydrogens (tertiary/aromatic N) is 1. The van der Waals surface area contributed by atoms with Crippen molar-refractivity contribution in [2.75, 3.05) is 25.0 Å². The van der Waals surface area contributed by atoms with E-state index in [9.17, 15) is 9.59 Å². The average Bonchev–Trinajstić information content (AvgIpc) is 2.70. The summed E-state index contributed by atoms with van der Waals surface area (Å²) in [6.07, 6.45) is 1.30. The highest BCUT2D eigenvalue weighted by atomic mass is 79.9. The van der Waals surface area contributed by atoms with Gasteiger partial charge in [0, 0.05) is 36.1 Å². The lowest BCUT2D eigenvalue weighted by molar-refractivity contribution is -0.138. The third kappa shape index (κ3) is 4.05. The standard InChI is InChI=1S/C21H22BrN3O3/c22-16-6-7-18-17(12-16)20(27)24-21(23-18)8-10-25(11-9-21)19(26)14-28-13-15-4-2-1-3-5-15/h1-7,12,23H,8-11,13-14H2,(H,24,27). The maximum Gasteiger partial charge on any atom is 0.255 e. The Morgan fingerprint density at radius 2 is 1.86 bits per heavy atom. The molecule has 4 rings (SSSR count). The van der Waals surface area contributed by atoms with E-state index >= 15 is 0 Å². The molecule has 0 bridgehead atoms. The Balaban J connectivity index is 1.31. The summed E-state index contributed by atoms with van der Waals surface area (Å²) in [6.45, 7) is 1.65. The van der Waals surface area contributed by atoms with Gasteiger partial charge in [0.2, 0.25) is 5.91 Å². The molecule has 2 N–H and O–H groups in total. The van der Waals surface area contributed by atoms with E-state index in [1.165, 1.54) is 0 Å². The summed E-state index contributed by atoms with van der Waals surface area (Å²) < 4.78 is 6.44. The number of halogens is 1. The number of rotatable bonds is 4. The normalized spacial score (nSPS) is 17.6. The van der Waals surface area contributed by atoms with Crippen LogP contribution in [0.3, 0.4) is 0 Å². The molecule has 0 aliphatic carbocycles. The Kier molecular flexibility index (Phi) is 5.37. The van der Waals surface area contributed by atoms with Gasteiger partial charge in [-0.3, -0.25) is 9.59 Å². The molecule has 6 nitrogen and oxygen atoms in total. The van der Waals surface area contributed by atoms with E-state index in [1.54, 1.807) is 4.90 Å². The summed E-state index contributed by atoms with van der Waals surface area (Å²) in [6, 6.07) is 15.4. The van der Waals surface area contributed by atoms with Crippen molar-refractivity contribution in [2.24, 2.45) is 0 Å². The quantitative estimate of drug-likeness (QED) is 0.761. The van der Waals surface area contributed by atoms with Crippen molar-refractivity contribution in [1.82, 2.24) is 10.2 Å². The van der Waals surface area contributed by atoms with Crippen LogP contribution in [-0.4, -0.2) is 42.1 Å². The van der Waals surface area contributed by atoms with Crippen molar-refractivity contribution < 1.29 is 14.3 Å². The minimum absolute atomic E-state index is 0.0164. The fraction of sp³-hybridized carbons (Fsp3) is 0.333. The molecule has 0 saturated carbocycles. The molecule has 2 amide bonds. The summed E-state index contributed by atoms with van der Waals surface area (Å²) in [7, 11) is 0. The van der Waals surface area contributed by atoms with Crippen LogP contribution in [-0.2, 0) is 16.1 Å². The van der Waals surface area contributed by atoms with Gasteiger partial charge in [0.05, 0.1) is 12.2 Å². The molecule has 2 aliphatic heterocycles. The Labute approximate surface area is 172 Å². The summed E-state index contributed by atoms with van der Waals surface area (Å²) in [5, 5.41) is 6.57. The number of benzene rings is 2. The highest BCUT2D eigenvalue weighted by Gasteiger charge is 2.40. The van der Waals surface area contributed by atoms with Crippen LogP contribution < -0.4 is 10.6 Å². The Morgan fingerprint density at radius 1 is 1.11 bits per heavy atom. The number of hydrogen-bond acceptors (Lipinski definition) is 4. The molecule has 0 aromatic heterocycles. The number of hydrogen-bond donors (Lipinski definition) is 2. The van der Waals surface area contributed by atoms with Crippen LogP contribution in [0.5, 0.6) is 0 Å². The smallest absolute Gasteiger partial charge is 0.255 e. The molecule has 2 aliphatic rings. The molecule has 2 aromatic carbocycles. The largest absolute Gasteiger partial charge is 0.367 e. The molecule has 0 unspecified atom stereocenters. The van der Waals surface area contributed by atoms with E-state index in [0.717, 1.165) is 15.7 Å². The molecular weight excluding hydrogens is 422 g/mol. The van der Waals surface area contributed by atoms with Crippen LogP contribution in [0.1, 0.15) is 28.8 Å². The van der Waals surface area contributed by atoms with Crippen LogP contribution in [0.2, 0.25) is 0 Å². The van der Waals surface area contributed by atoms with E-state index in [1.807, 2.05) is 48.5 Å². The first-order chi connectivity index (χ1) is 13.5. The Hall–Kier alpha value is -2.38. The maximum atomic E-state index is 12.5. The maximum absolute atomic E-state index is 12.5. The fourth-order valence-corrected chi connectivity index (χ4v) is 4.06. The van der Waals surface area contributed by atoms with Gasteiger partial charge in [-0.2, -0.15) is 0 Å². The number of ether oxygens (including phenoxy) is 1. The van der Waals surface area contributed by atoms with Crippen molar-refractivity contribution in [2.45, 2.75) is 25.1 Å². The lowest BCUT2D eigenvalue weighted by Gasteiger charge is -2.45. The van der Waals surface area contributed by atoms with Gasteiger partial charge in [-0.15, -0.1) is 0 Å². The summed E-state index contributed by atoms with van der Waals surface area (Å²) in [4.78, 5) is 26.8. The minimum atomic E-state index is -0.500. The van der Waals surface area contributed by atoms with E-state index in [4.69, 9.17) is 4.74 Å². The Bertz CT molecular complexity index is 880. The van der Waals surface area contributed by atoms with Crippen molar-refractivity contribution in [3.8, 4) is 0 Å². The van der Waals surface area contributed by atoms with E-state index < -0.39 is 5.66 Å². The summed E-state index contributed by atoms with van der Waals surface area (Å²) in [5.74, 6) is -0.0988. The molecule has 2 aromatic rings. The van der Waals surface area contributed by atoms with Gasteiger partial charge in [-0.25, -0.2) is 0 Å². The average molecular weight is 444 g/mol. The van der Waals surface area contributed by atoms with Crippen LogP contribution in [0.15, 0.2) is 53.0 Å². The highest BCUT2D eigenvalue weighted by Crippen LogP contribution is 2.32. The number of piperidine rings is 1. The molecule has 1 saturated heterocycles.